The Bertz CT molecular complexity index is 878. The maximum atomic E-state index is 12.1. The number of nitrogens with one attached hydrogen (secondary N) is 2. The van der Waals surface area contributed by atoms with Gasteiger partial charge >= 0.3 is 6.03 Å². The molecule has 0 bridgehead atoms. The lowest BCUT2D eigenvalue weighted by molar-refractivity contribution is -0.114. The van der Waals surface area contributed by atoms with Crippen LogP contribution in [0.4, 0.5) is 10.5 Å². The number of hydrogen-bond acceptors (Lipinski definition) is 3. The molecule has 0 unspecified atom stereocenters. The quantitative estimate of drug-likeness (QED) is 0.812. The number of rotatable bonds is 2. The van der Waals surface area contributed by atoms with Crippen LogP contribution in [0.5, 0.6) is 0 Å². The lowest BCUT2D eigenvalue weighted by Crippen LogP contribution is -2.41. The molecule has 7 heteroatoms. The van der Waals surface area contributed by atoms with E-state index in [-0.39, 0.29) is 5.96 Å². The smallest absolute Gasteiger partial charge is 0.310 e. The van der Waals surface area contributed by atoms with E-state index in [0.717, 1.165) is 5.56 Å². The predicted octanol–water partition coefficient (Wildman–Crippen LogP) is 3.33. The van der Waals surface area contributed by atoms with E-state index < -0.39 is 11.9 Å². The van der Waals surface area contributed by atoms with Gasteiger partial charge in [0.2, 0.25) is 5.96 Å². The summed E-state index contributed by atoms with van der Waals surface area (Å²) in [5.74, 6) is -0.254. The number of nitrogens with zero attached hydrogens (tertiary/aromatic N) is 2. The number of aliphatic imine (C=N–C) groups is 1. The Hall–Kier alpha value is -3.12. The van der Waals surface area contributed by atoms with Crippen LogP contribution in [-0.4, -0.2) is 29.8 Å². The summed E-state index contributed by atoms with van der Waals surface area (Å²) in [6.45, 7) is 0. The Labute approximate surface area is 149 Å². The van der Waals surface area contributed by atoms with Crippen molar-refractivity contribution in [1.29, 1.82) is 0 Å². The molecule has 126 valence electrons. The van der Waals surface area contributed by atoms with Crippen LogP contribution in [-0.2, 0) is 4.79 Å². The molecule has 0 aliphatic carbocycles. The Morgan fingerprint density at radius 1 is 1.12 bits per heavy atom. The van der Waals surface area contributed by atoms with Crippen LogP contribution in [0.3, 0.4) is 0 Å². The van der Waals surface area contributed by atoms with Crippen molar-refractivity contribution in [1.82, 2.24) is 10.2 Å². The second-order valence-electron chi connectivity index (χ2n) is 5.33. The van der Waals surface area contributed by atoms with Gasteiger partial charge in [0.05, 0.1) is 0 Å². The molecule has 2 aromatic carbocycles. The maximum absolute atomic E-state index is 12.1. The number of carbonyl (C=O) groups excluding carboxylic acids is 2. The van der Waals surface area contributed by atoms with Crippen LogP contribution in [0.25, 0.3) is 6.08 Å². The van der Waals surface area contributed by atoms with Crippen molar-refractivity contribution < 1.29 is 9.59 Å². The Morgan fingerprint density at radius 3 is 2.60 bits per heavy atom. The molecule has 6 nitrogen and oxygen atoms in total. The molecule has 0 spiro atoms. The minimum absolute atomic E-state index is 0.159. The number of guanidine groups is 1. The lowest BCUT2D eigenvalue weighted by atomic mass is 10.2. The molecule has 3 rings (SSSR count). The zero-order valence-electron chi connectivity index (χ0n) is 13.4. The van der Waals surface area contributed by atoms with Crippen molar-refractivity contribution in [2.75, 3.05) is 12.4 Å². The fraction of sp³-hybridized carbons (Fsp3) is 0.0556. The SMILES string of the molecule is CN1C(NC(=O)Nc2cccc(Cl)c2)=NC(=O)/C1=C/c1ccccc1. The van der Waals surface area contributed by atoms with E-state index in [1.807, 2.05) is 30.3 Å². The van der Waals surface area contributed by atoms with Gasteiger partial charge in [0, 0.05) is 17.8 Å². The summed E-state index contributed by atoms with van der Waals surface area (Å²) in [6.07, 6.45) is 1.72. The number of anilines is 1. The first-order chi connectivity index (χ1) is 12.0. The lowest BCUT2D eigenvalue weighted by Gasteiger charge is -2.16. The highest BCUT2D eigenvalue weighted by Crippen LogP contribution is 2.17. The van der Waals surface area contributed by atoms with Gasteiger partial charge < -0.3 is 10.2 Å². The molecule has 0 saturated heterocycles. The zero-order valence-corrected chi connectivity index (χ0v) is 14.1. The minimum Gasteiger partial charge on any atom is -0.310 e. The molecule has 0 fully saturated rings. The van der Waals surface area contributed by atoms with Gasteiger partial charge in [-0.15, -0.1) is 0 Å². The predicted molar refractivity (Wildman–Crippen MR) is 98.2 cm³/mol. The van der Waals surface area contributed by atoms with Crippen LogP contribution in [0.15, 0.2) is 65.3 Å². The standard InChI is InChI=1S/C18H15ClN4O2/c1-23-15(10-12-6-3-2-4-7-12)16(24)21-17(23)22-18(25)20-14-9-5-8-13(19)11-14/h2-11H,1H3,(H2,20,21,22,24,25)/b15-10-. The van der Waals surface area contributed by atoms with Crippen molar-refractivity contribution >= 4 is 41.3 Å². The number of urea groups is 1. The van der Waals surface area contributed by atoms with Crippen molar-refractivity contribution in [3.05, 3.63) is 70.9 Å². The van der Waals surface area contributed by atoms with E-state index >= 15 is 0 Å². The number of amides is 3. The molecular formula is C18H15ClN4O2. The van der Waals surface area contributed by atoms with E-state index in [1.165, 1.54) is 4.90 Å². The molecule has 1 aliphatic rings. The minimum atomic E-state index is -0.512. The van der Waals surface area contributed by atoms with Gasteiger partial charge in [0.1, 0.15) is 5.70 Å². The summed E-state index contributed by atoms with van der Waals surface area (Å²) in [4.78, 5) is 29.6. The number of likely N-dealkylation sites (N-methyl/N-ethyl adjacent to an activating group) is 1. The second-order valence-corrected chi connectivity index (χ2v) is 5.77. The Morgan fingerprint density at radius 2 is 1.88 bits per heavy atom. The molecule has 0 saturated carbocycles. The zero-order chi connectivity index (χ0) is 17.8. The van der Waals surface area contributed by atoms with E-state index in [0.29, 0.717) is 16.4 Å². The molecule has 2 aromatic rings. The van der Waals surface area contributed by atoms with Crippen molar-refractivity contribution in [3.63, 3.8) is 0 Å². The van der Waals surface area contributed by atoms with Crippen LogP contribution in [0.1, 0.15) is 5.56 Å². The first-order valence-electron chi connectivity index (χ1n) is 7.50. The number of halogens is 1. The van der Waals surface area contributed by atoms with Crippen molar-refractivity contribution in [2.24, 2.45) is 4.99 Å². The first-order valence-corrected chi connectivity index (χ1v) is 7.88. The van der Waals surface area contributed by atoms with Gasteiger partial charge in [-0.3, -0.25) is 10.1 Å². The van der Waals surface area contributed by atoms with Crippen LogP contribution < -0.4 is 10.6 Å². The van der Waals surface area contributed by atoms with Crippen LogP contribution in [0.2, 0.25) is 5.02 Å². The molecule has 2 N–H and O–H groups in total. The summed E-state index contributed by atoms with van der Waals surface area (Å²) in [7, 11) is 1.66. The molecule has 3 amide bonds. The third kappa shape index (κ3) is 4.05. The van der Waals surface area contributed by atoms with Gasteiger partial charge in [-0.1, -0.05) is 48.0 Å². The topological polar surface area (TPSA) is 73.8 Å². The number of carbonyl (C=O) groups is 2. The van der Waals surface area contributed by atoms with Gasteiger partial charge in [-0.2, -0.15) is 4.99 Å². The van der Waals surface area contributed by atoms with Crippen LogP contribution >= 0.6 is 11.6 Å². The summed E-state index contributed by atoms with van der Waals surface area (Å²) >= 11 is 5.88. The normalized spacial score (nSPS) is 15.3. The molecule has 1 aliphatic heterocycles. The van der Waals surface area contributed by atoms with E-state index in [1.54, 1.807) is 37.4 Å². The summed E-state index contributed by atoms with van der Waals surface area (Å²) in [6, 6.07) is 15.7. The van der Waals surface area contributed by atoms with Gasteiger partial charge in [0.15, 0.2) is 0 Å². The fourth-order valence-electron chi connectivity index (χ4n) is 2.29. The van der Waals surface area contributed by atoms with E-state index in [4.69, 9.17) is 11.6 Å². The molecule has 1 heterocycles. The molecule has 0 aromatic heterocycles. The highest BCUT2D eigenvalue weighted by molar-refractivity contribution is 6.31. The average molecular weight is 355 g/mol. The van der Waals surface area contributed by atoms with Gasteiger partial charge in [-0.05, 0) is 29.8 Å². The number of benzene rings is 2. The largest absolute Gasteiger partial charge is 0.326 e. The monoisotopic (exact) mass is 354 g/mol. The maximum Gasteiger partial charge on any atom is 0.326 e. The van der Waals surface area contributed by atoms with Gasteiger partial charge in [0.25, 0.3) is 5.91 Å². The summed E-state index contributed by atoms with van der Waals surface area (Å²) in [5.41, 5.74) is 1.79. The fourth-order valence-corrected chi connectivity index (χ4v) is 2.48. The summed E-state index contributed by atoms with van der Waals surface area (Å²) in [5, 5.41) is 5.71. The first kappa shape index (κ1) is 16.7. The van der Waals surface area contributed by atoms with Crippen LogP contribution in [0, 0.1) is 0 Å². The highest BCUT2D eigenvalue weighted by atomic mass is 35.5. The molecule has 0 atom stereocenters. The average Bonchev–Trinajstić information content (AvgIpc) is 2.83. The third-order valence-electron chi connectivity index (χ3n) is 3.52. The Kier molecular flexibility index (Phi) is 4.81. The van der Waals surface area contributed by atoms with E-state index in [9.17, 15) is 9.59 Å². The highest BCUT2D eigenvalue weighted by Gasteiger charge is 2.27. The molecule has 0 radical (unpaired) electrons. The third-order valence-corrected chi connectivity index (χ3v) is 3.75. The molecular weight excluding hydrogens is 340 g/mol. The van der Waals surface area contributed by atoms with Crippen molar-refractivity contribution in [3.8, 4) is 0 Å². The number of hydrogen-bond donors (Lipinski definition) is 2. The van der Waals surface area contributed by atoms with Gasteiger partial charge in [-0.25, -0.2) is 4.79 Å². The molecule has 25 heavy (non-hydrogen) atoms. The van der Waals surface area contributed by atoms with E-state index in [2.05, 4.69) is 15.6 Å². The van der Waals surface area contributed by atoms with Crippen molar-refractivity contribution in [2.45, 2.75) is 0 Å². The Balaban J connectivity index is 1.69. The second kappa shape index (κ2) is 7.19. The summed E-state index contributed by atoms with van der Waals surface area (Å²) < 4.78 is 0.